The smallest absolute Gasteiger partial charge is 0.181 e. The average molecular weight is 524 g/mol. The summed E-state index contributed by atoms with van der Waals surface area (Å²) < 4.78 is 13.7. The summed E-state index contributed by atoms with van der Waals surface area (Å²) in [7, 11) is 0. The summed E-state index contributed by atoms with van der Waals surface area (Å²) in [6.07, 6.45) is 19.6. The van der Waals surface area contributed by atoms with Crippen LogP contribution >= 0.6 is 11.3 Å². The van der Waals surface area contributed by atoms with E-state index in [1.165, 1.54) is 43.7 Å². The normalized spacial score (nSPS) is 15.5. The van der Waals surface area contributed by atoms with Gasteiger partial charge in [0.2, 0.25) is 0 Å². The number of aromatic nitrogens is 5. The molecule has 0 unspecified atom stereocenters. The van der Waals surface area contributed by atoms with Crippen LogP contribution in [0.15, 0.2) is 73.2 Å². The summed E-state index contributed by atoms with van der Waals surface area (Å²) in [4.78, 5) is 13.3. The molecule has 0 atom stereocenters. The molecule has 0 radical (unpaired) electrons. The molecule has 5 nitrogen and oxygen atoms in total. The number of hydrogen-bond donors (Lipinski definition) is 2. The number of fused-ring (bicyclic) bond motifs is 2. The van der Waals surface area contributed by atoms with Gasteiger partial charge in [-0.25, -0.2) is 4.98 Å². The molecule has 0 bridgehead atoms. The predicted molar refractivity (Wildman–Crippen MR) is 155 cm³/mol. The molecular weight excluding hydrogens is 493 g/mol. The quantitative estimate of drug-likeness (QED) is 0.209. The highest BCUT2D eigenvalue weighted by atomic mass is 32.1. The van der Waals surface area contributed by atoms with Crippen LogP contribution in [0.5, 0.6) is 0 Å². The highest BCUT2D eigenvalue weighted by Gasteiger charge is 2.17. The van der Waals surface area contributed by atoms with Crippen LogP contribution < -0.4 is 0 Å². The molecule has 192 valence electrons. The molecule has 5 aromatic rings. The number of allylic oxidation sites excluding steroid dienone is 5. The zero-order valence-electron chi connectivity index (χ0n) is 21.4. The molecule has 0 saturated heterocycles. The van der Waals surface area contributed by atoms with Crippen molar-refractivity contribution in [1.82, 2.24) is 25.1 Å². The van der Waals surface area contributed by atoms with Crippen LogP contribution in [0.25, 0.3) is 49.3 Å². The van der Waals surface area contributed by atoms with Gasteiger partial charge >= 0.3 is 0 Å². The van der Waals surface area contributed by atoms with E-state index in [-0.39, 0.29) is 5.13 Å². The fraction of sp³-hybridized carbons (Fsp3) is 0.258. The maximum absolute atomic E-state index is 13.7. The van der Waals surface area contributed by atoms with Gasteiger partial charge in [0.05, 0.1) is 23.1 Å². The van der Waals surface area contributed by atoms with Crippen LogP contribution in [0, 0.1) is 11.0 Å². The number of nitrogens with one attached hydrogen (secondary N) is 2. The average Bonchev–Trinajstić information content (AvgIpc) is 3.68. The third-order valence-electron chi connectivity index (χ3n) is 7.56. The number of rotatable bonds is 7. The minimum Gasteiger partial charge on any atom is -0.352 e. The van der Waals surface area contributed by atoms with Crippen LogP contribution in [-0.2, 0) is 0 Å². The number of hydrogen-bond acceptors (Lipinski definition) is 4. The lowest BCUT2D eigenvalue weighted by molar-refractivity contribution is 0.358. The molecule has 0 spiro atoms. The van der Waals surface area contributed by atoms with Crippen molar-refractivity contribution >= 4 is 38.8 Å². The van der Waals surface area contributed by atoms with Crippen LogP contribution in [0.2, 0.25) is 0 Å². The van der Waals surface area contributed by atoms with E-state index in [2.05, 4.69) is 62.9 Å². The van der Waals surface area contributed by atoms with Crippen LogP contribution in [0.1, 0.15) is 51.0 Å². The van der Waals surface area contributed by atoms with Crippen molar-refractivity contribution in [1.29, 1.82) is 0 Å². The fourth-order valence-electron chi connectivity index (χ4n) is 5.56. The van der Waals surface area contributed by atoms with Crippen molar-refractivity contribution in [3.63, 3.8) is 0 Å². The first kappa shape index (κ1) is 24.5. The largest absolute Gasteiger partial charge is 0.352 e. The van der Waals surface area contributed by atoms with E-state index >= 15 is 0 Å². The van der Waals surface area contributed by atoms with Crippen molar-refractivity contribution in [2.75, 3.05) is 0 Å². The second kappa shape index (κ2) is 10.5. The summed E-state index contributed by atoms with van der Waals surface area (Å²) >= 11 is 1.12. The molecule has 5 heterocycles. The molecule has 0 amide bonds. The van der Waals surface area contributed by atoms with Gasteiger partial charge in [-0.15, -0.1) is 11.3 Å². The predicted octanol–water partition coefficient (Wildman–Crippen LogP) is 8.85. The summed E-state index contributed by atoms with van der Waals surface area (Å²) in [6, 6.07) is 7.50. The summed E-state index contributed by atoms with van der Waals surface area (Å²) in [5.74, 6) is 0.749. The molecule has 38 heavy (non-hydrogen) atoms. The molecular formula is C31H30FN5S. The van der Waals surface area contributed by atoms with E-state index in [0.717, 1.165) is 72.9 Å². The highest BCUT2D eigenvalue weighted by Crippen LogP contribution is 2.36. The zero-order valence-corrected chi connectivity index (χ0v) is 22.2. The molecule has 6 rings (SSSR count). The van der Waals surface area contributed by atoms with Crippen LogP contribution in [-0.4, -0.2) is 25.1 Å². The lowest BCUT2D eigenvalue weighted by Gasteiger charge is -2.22. The molecule has 0 aromatic carbocycles. The Morgan fingerprint density at radius 1 is 1.13 bits per heavy atom. The van der Waals surface area contributed by atoms with Gasteiger partial charge in [-0.05, 0) is 54.7 Å². The Hall–Kier alpha value is -3.84. The molecule has 1 fully saturated rings. The van der Waals surface area contributed by atoms with Gasteiger partial charge in [0.25, 0.3) is 0 Å². The van der Waals surface area contributed by atoms with Crippen molar-refractivity contribution in [3.8, 4) is 21.8 Å². The summed E-state index contributed by atoms with van der Waals surface area (Å²) in [5.41, 5.74) is 7.63. The first-order chi connectivity index (χ1) is 18.6. The van der Waals surface area contributed by atoms with E-state index in [4.69, 9.17) is 0 Å². The zero-order chi connectivity index (χ0) is 26.1. The van der Waals surface area contributed by atoms with Gasteiger partial charge in [-0.3, -0.25) is 10.1 Å². The topological polar surface area (TPSA) is 70.2 Å². The Morgan fingerprint density at radius 3 is 2.76 bits per heavy atom. The van der Waals surface area contributed by atoms with Gasteiger partial charge in [0, 0.05) is 39.2 Å². The van der Waals surface area contributed by atoms with Gasteiger partial charge in [-0.2, -0.15) is 9.49 Å². The second-order valence-corrected chi connectivity index (χ2v) is 11.0. The van der Waals surface area contributed by atoms with Gasteiger partial charge < -0.3 is 4.98 Å². The number of pyridine rings is 2. The Labute approximate surface area is 225 Å². The summed E-state index contributed by atoms with van der Waals surface area (Å²) in [5, 5.41) is 9.34. The van der Waals surface area contributed by atoms with Crippen molar-refractivity contribution in [2.24, 2.45) is 5.92 Å². The van der Waals surface area contributed by atoms with E-state index in [0.29, 0.717) is 5.65 Å². The van der Waals surface area contributed by atoms with E-state index < -0.39 is 0 Å². The Morgan fingerprint density at radius 2 is 2.00 bits per heavy atom. The molecule has 1 saturated carbocycles. The van der Waals surface area contributed by atoms with Crippen molar-refractivity contribution in [2.45, 2.75) is 45.4 Å². The van der Waals surface area contributed by atoms with E-state index in [9.17, 15) is 4.39 Å². The number of H-pyrrole nitrogens is 2. The molecule has 2 N–H and O–H groups in total. The second-order valence-electron chi connectivity index (χ2n) is 10.0. The Bertz CT molecular complexity index is 1680. The van der Waals surface area contributed by atoms with Gasteiger partial charge in [0.15, 0.2) is 10.8 Å². The van der Waals surface area contributed by atoms with E-state index in [1.807, 2.05) is 12.3 Å². The third-order valence-corrected chi connectivity index (χ3v) is 8.47. The van der Waals surface area contributed by atoms with Crippen LogP contribution in [0.3, 0.4) is 0 Å². The van der Waals surface area contributed by atoms with E-state index in [1.54, 1.807) is 18.5 Å². The Kier molecular flexibility index (Phi) is 6.77. The number of aromatic amines is 2. The number of halogens is 1. The first-order valence-corrected chi connectivity index (χ1v) is 14.0. The maximum Gasteiger partial charge on any atom is 0.181 e. The molecule has 7 heteroatoms. The monoisotopic (exact) mass is 523 g/mol. The fourth-order valence-corrected chi connectivity index (χ4v) is 6.32. The van der Waals surface area contributed by atoms with Crippen LogP contribution in [0.4, 0.5) is 4.39 Å². The number of thiophene rings is 1. The van der Waals surface area contributed by atoms with Gasteiger partial charge in [0.1, 0.15) is 0 Å². The van der Waals surface area contributed by atoms with Crippen molar-refractivity contribution < 1.29 is 4.39 Å². The SMILES string of the molecule is C=C/C(=C\C(=C/C)c1cnc2n[nH]c(-c3cc4c(-c5ccc(F)s5)cncc4[nH]3)c2c1)CC1CCCCC1. The lowest BCUT2D eigenvalue weighted by atomic mass is 9.84. The third kappa shape index (κ3) is 4.74. The maximum atomic E-state index is 13.7. The first-order valence-electron chi connectivity index (χ1n) is 13.2. The minimum absolute atomic E-state index is 0.210. The number of nitrogens with zero attached hydrogens (tertiary/aromatic N) is 3. The van der Waals surface area contributed by atoms with Gasteiger partial charge in [-0.1, -0.05) is 56.9 Å². The van der Waals surface area contributed by atoms with Crippen molar-refractivity contribution in [3.05, 3.63) is 83.9 Å². The molecule has 0 aliphatic heterocycles. The Balaban J connectivity index is 1.36. The highest BCUT2D eigenvalue weighted by molar-refractivity contribution is 7.14. The molecule has 1 aliphatic rings. The standard InChI is InChI=1S/C31H30FN5S/c1-3-19(12-20-8-6-5-7-9-20)13-21(4-2)22-14-24-30(36-37-31(24)34-16-22)26-15-23-25(17-33-18-27(23)35-26)28-10-11-29(32)38-28/h3-4,10-11,13-18,20,35H,1,5-9,12H2,2H3,(H,34,36,37)/b19-13+,21-4+. The molecule has 1 aliphatic carbocycles. The lowest BCUT2D eigenvalue weighted by Crippen LogP contribution is -2.06. The summed E-state index contributed by atoms with van der Waals surface area (Å²) in [6.45, 7) is 6.16. The minimum atomic E-state index is -0.210. The molecule has 5 aromatic heterocycles.